The summed E-state index contributed by atoms with van der Waals surface area (Å²) in [5.41, 5.74) is 0. The van der Waals surface area contributed by atoms with Crippen LogP contribution >= 0.6 is 17.5 Å². The second kappa shape index (κ2) is 6.39. The average molecular weight is 273 g/mol. The van der Waals surface area contributed by atoms with Gasteiger partial charge in [-0.05, 0) is 10.6 Å². The minimum Gasteiger partial charge on any atom is -0.133 e. The van der Waals surface area contributed by atoms with E-state index in [9.17, 15) is 0 Å². The molecule has 0 saturated carbocycles. The Morgan fingerprint density at radius 2 is 1.06 bits per heavy atom. The molecule has 0 aliphatic heterocycles. The molecule has 2 aromatic rings. The van der Waals surface area contributed by atoms with Gasteiger partial charge in [0.25, 0.3) is 0 Å². The van der Waals surface area contributed by atoms with Gasteiger partial charge in [0.2, 0.25) is 0 Å². The van der Waals surface area contributed by atoms with Crippen LogP contribution in [0.3, 0.4) is 0 Å². The zero-order valence-electron chi connectivity index (χ0n) is 9.08. The Kier molecular flexibility index (Phi) is 5.79. The molecule has 0 N–H and O–H groups in total. The van der Waals surface area contributed by atoms with Gasteiger partial charge in [0.1, 0.15) is 0 Å². The fraction of sp³-hybridized carbons (Fsp3) is 0. The largest absolute Gasteiger partial charge is 0.133 e. The minimum absolute atomic E-state index is 0. The second-order valence-electron chi connectivity index (χ2n) is 3.25. The fourth-order valence-electron chi connectivity index (χ4n) is 1.41. The summed E-state index contributed by atoms with van der Waals surface area (Å²) in [7, 11) is 0. The van der Waals surface area contributed by atoms with Crippen molar-refractivity contribution in [3.05, 3.63) is 60.7 Å². The van der Waals surface area contributed by atoms with Crippen molar-refractivity contribution in [2.75, 3.05) is 0 Å². The summed E-state index contributed by atoms with van der Waals surface area (Å²) in [4.78, 5) is 0. The Hall–Kier alpha value is 0.440. The van der Waals surface area contributed by atoms with Gasteiger partial charge in [-0.2, -0.15) is 0 Å². The Labute approximate surface area is 129 Å². The van der Waals surface area contributed by atoms with Gasteiger partial charge in [0, 0.05) is 29.6 Å². The number of hydrogen-bond acceptors (Lipinski definition) is 1. The molecule has 0 unspecified atom stereocenters. The summed E-state index contributed by atoms with van der Waals surface area (Å²) in [6.07, 6.45) is 0. The quantitative estimate of drug-likeness (QED) is 0.498. The van der Waals surface area contributed by atoms with Crippen LogP contribution in [0.4, 0.5) is 0 Å². The van der Waals surface area contributed by atoms with E-state index in [1.165, 1.54) is 0 Å². The summed E-state index contributed by atoms with van der Waals surface area (Å²) < 4.78 is 0. The summed E-state index contributed by atoms with van der Waals surface area (Å²) >= 11 is 10.3. The van der Waals surface area contributed by atoms with Crippen molar-refractivity contribution in [2.24, 2.45) is 0 Å². The molecule has 0 bridgehead atoms. The topological polar surface area (TPSA) is 0 Å². The molecule has 1 radical (unpaired) electrons. The molecule has 0 heterocycles. The Morgan fingerprint density at radius 1 is 0.750 bits per heavy atom. The van der Waals surface area contributed by atoms with E-state index in [1.54, 1.807) is 0 Å². The van der Waals surface area contributed by atoms with E-state index in [0.717, 1.165) is 10.6 Å². The molecule has 0 aliphatic rings. The molecule has 0 atom stereocenters. The average Bonchev–Trinajstić information content (AvgIpc) is 2.31. The Morgan fingerprint density at radius 3 is 1.38 bits per heavy atom. The number of rotatable bonds is 2. The first-order chi connectivity index (χ1) is 7.21. The molecule has 16 heavy (non-hydrogen) atoms. The summed E-state index contributed by atoms with van der Waals surface area (Å²) in [6.45, 7) is 0. The third-order valence-corrected chi connectivity index (χ3v) is 6.86. The monoisotopic (exact) mass is 273 g/mol. The van der Waals surface area contributed by atoms with E-state index in [2.05, 4.69) is 24.3 Å². The molecule has 0 fully saturated rings. The van der Waals surface area contributed by atoms with Gasteiger partial charge in [-0.1, -0.05) is 72.5 Å². The van der Waals surface area contributed by atoms with Crippen molar-refractivity contribution in [2.45, 2.75) is 0 Å². The number of benzene rings is 2. The molecular weight excluding hydrogens is 262 g/mol. The van der Waals surface area contributed by atoms with Crippen molar-refractivity contribution in [1.29, 1.82) is 0 Å². The molecule has 0 amide bonds. The van der Waals surface area contributed by atoms with Crippen molar-refractivity contribution in [3.63, 3.8) is 0 Å². The van der Waals surface area contributed by atoms with Crippen LogP contribution in [-0.4, -0.2) is 29.6 Å². The van der Waals surface area contributed by atoms with Crippen LogP contribution in [0.2, 0.25) is 0 Å². The predicted octanol–water partition coefficient (Wildman–Crippen LogP) is 2.58. The van der Waals surface area contributed by atoms with Gasteiger partial charge in [-0.15, -0.1) is 12.2 Å². The van der Waals surface area contributed by atoms with Gasteiger partial charge < -0.3 is 0 Å². The maximum absolute atomic E-state index is 5.65. The number of hydrogen-bond donors (Lipinski definition) is 1. The summed E-state index contributed by atoms with van der Waals surface area (Å²) in [5, 5.41) is 0.426. The van der Waals surface area contributed by atoms with Gasteiger partial charge in [-0.3, -0.25) is 0 Å². The fourth-order valence-corrected chi connectivity index (χ4v) is 4.39. The Bertz CT molecular complexity index is 441. The normalized spacial score (nSPS) is 10.6. The van der Waals surface area contributed by atoms with Crippen LogP contribution in [0.25, 0.3) is 0 Å². The molecular formula is C12H11NaPS2. The van der Waals surface area contributed by atoms with Crippen LogP contribution in [0.15, 0.2) is 60.7 Å². The molecule has 0 spiro atoms. The molecule has 0 aromatic heterocycles. The van der Waals surface area contributed by atoms with Crippen molar-refractivity contribution in [3.8, 4) is 0 Å². The van der Waals surface area contributed by atoms with Gasteiger partial charge in [-0.25, -0.2) is 0 Å². The van der Waals surface area contributed by atoms with E-state index in [-0.39, 0.29) is 29.6 Å². The second-order valence-corrected chi connectivity index (χ2v) is 9.69. The van der Waals surface area contributed by atoms with Crippen LogP contribution in [0, 0.1) is 0 Å². The van der Waals surface area contributed by atoms with E-state index >= 15 is 0 Å². The molecule has 4 heteroatoms. The first-order valence-electron chi connectivity index (χ1n) is 4.65. The number of thiol groups is 1. The SMILES string of the molecule is S=P(S)(c1ccccc1)c1ccccc1.[Na]. The third-order valence-electron chi connectivity index (χ3n) is 2.21. The first-order valence-corrected chi connectivity index (χ1v) is 8.61. The smallest absolute Gasteiger partial charge is 0.0584 e. The van der Waals surface area contributed by atoms with E-state index in [0.29, 0.717) is 0 Å². The summed E-state index contributed by atoms with van der Waals surface area (Å²) in [5.74, 6) is 0. The van der Waals surface area contributed by atoms with Crippen LogP contribution in [0.5, 0.6) is 0 Å². The van der Waals surface area contributed by atoms with Crippen molar-refractivity contribution in [1.82, 2.24) is 0 Å². The van der Waals surface area contributed by atoms with Crippen molar-refractivity contribution < 1.29 is 0 Å². The maximum Gasteiger partial charge on any atom is 0.0584 e. The van der Waals surface area contributed by atoms with Gasteiger partial charge in [0.05, 0.1) is 5.24 Å². The molecule has 0 aliphatic carbocycles. The Balaban J connectivity index is 0.00000128. The zero-order valence-corrected chi connectivity index (χ0v) is 13.7. The van der Waals surface area contributed by atoms with Crippen molar-refractivity contribution >= 4 is 69.5 Å². The maximum atomic E-state index is 5.65. The van der Waals surface area contributed by atoms with Gasteiger partial charge >= 0.3 is 0 Å². The predicted molar refractivity (Wildman–Crippen MR) is 81.2 cm³/mol. The van der Waals surface area contributed by atoms with E-state index in [1.807, 2.05) is 36.4 Å². The molecule has 0 nitrogen and oxygen atoms in total. The standard InChI is InChI=1S/C12H11PS2.Na/c14-13(15,11-7-3-1-4-8-11)12-9-5-2-6-10-12;/h1-10H,(H,14,15);. The molecule has 2 rings (SSSR count). The van der Waals surface area contributed by atoms with Gasteiger partial charge in [0.15, 0.2) is 0 Å². The van der Waals surface area contributed by atoms with Crippen LogP contribution in [0.1, 0.15) is 0 Å². The molecule has 2 aromatic carbocycles. The van der Waals surface area contributed by atoms with E-state index < -0.39 is 5.24 Å². The molecule has 0 saturated heterocycles. The zero-order chi connectivity index (χ0) is 10.7. The molecule has 77 valence electrons. The third kappa shape index (κ3) is 3.22. The van der Waals surface area contributed by atoms with Crippen LogP contribution < -0.4 is 10.6 Å². The summed E-state index contributed by atoms with van der Waals surface area (Å²) in [6, 6.07) is 20.3. The van der Waals surface area contributed by atoms with Crippen LogP contribution in [-0.2, 0) is 11.8 Å². The first kappa shape index (κ1) is 14.5. The minimum atomic E-state index is -1.87. The van der Waals surface area contributed by atoms with E-state index in [4.69, 9.17) is 24.1 Å².